The molecule has 0 aliphatic heterocycles. The largest absolute Gasteiger partial charge is 0.469 e. The normalized spacial score (nSPS) is 11.1. The van der Waals surface area contributed by atoms with Gasteiger partial charge in [0.25, 0.3) is 0 Å². The van der Waals surface area contributed by atoms with Gasteiger partial charge in [0.1, 0.15) is 6.04 Å². The topological polar surface area (TPSA) is 108 Å². The van der Waals surface area contributed by atoms with E-state index in [-0.39, 0.29) is 19.3 Å². The second-order valence-electron chi connectivity index (χ2n) is 3.50. The average molecular weight is 275 g/mol. The number of carbonyl (C=O) groups is 4. The summed E-state index contributed by atoms with van der Waals surface area (Å²) in [5, 5.41) is 2.29. The molecule has 0 heterocycles. The zero-order valence-corrected chi connectivity index (χ0v) is 11.1. The molecule has 0 bridgehead atoms. The summed E-state index contributed by atoms with van der Waals surface area (Å²) in [5.74, 6) is -2.54. The molecule has 0 rings (SSSR count). The van der Waals surface area contributed by atoms with E-state index in [1.807, 2.05) is 0 Å². The van der Waals surface area contributed by atoms with Crippen LogP contribution in [-0.4, -0.2) is 51.2 Å². The number of ether oxygens (including phenoxy) is 3. The van der Waals surface area contributed by atoms with Crippen molar-refractivity contribution in [3.8, 4) is 0 Å². The first-order valence-corrected chi connectivity index (χ1v) is 5.45. The number of hydrogen-bond donors (Lipinski definition) is 1. The fraction of sp³-hybridized carbons (Fsp3) is 0.636. The van der Waals surface area contributed by atoms with Crippen molar-refractivity contribution in [2.75, 3.05) is 21.3 Å². The smallest absolute Gasteiger partial charge is 0.328 e. The van der Waals surface area contributed by atoms with Gasteiger partial charge in [0, 0.05) is 6.42 Å². The Labute approximate surface area is 110 Å². The van der Waals surface area contributed by atoms with Gasteiger partial charge in [-0.25, -0.2) is 4.79 Å². The molecule has 0 saturated heterocycles. The van der Waals surface area contributed by atoms with Crippen molar-refractivity contribution >= 4 is 23.8 Å². The van der Waals surface area contributed by atoms with Crippen molar-refractivity contribution in [3.63, 3.8) is 0 Å². The summed E-state index contributed by atoms with van der Waals surface area (Å²) in [6, 6.07) is -1.14. The molecule has 0 aromatic rings. The molecule has 0 spiro atoms. The van der Waals surface area contributed by atoms with Crippen LogP contribution >= 0.6 is 0 Å². The minimum atomic E-state index is -1.14. The fourth-order valence-electron chi connectivity index (χ4n) is 1.17. The maximum Gasteiger partial charge on any atom is 0.328 e. The van der Waals surface area contributed by atoms with E-state index < -0.39 is 29.9 Å². The van der Waals surface area contributed by atoms with E-state index in [1.54, 1.807) is 0 Å². The zero-order valence-electron chi connectivity index (χ0n) is 11.1. The summed E-state index contributed by atoms with van der Waals surface area (Å²) < 4.78 is 13.2. The van der Waals surface area contributed by atoms with Crippen LogP contribution in [0.2, 0.25) is 0 Å². The molecule has 0 aromatic carbocycles. The molecular weight excluding hydrogens is 258 g/mol. The van der Waals surface area contributed by atoms with Gasteiger partial charge in [-0.2, -0.15) is 0 Å². The number of carbonyl (C=O) groups excluding carboxylic acids is 4. The van der Waals surface area contributed by atoms with Crippen LogP contribution in [0.3, 0.4) is 0 Å². The monoisotopic (exact) mass is 275 g/mol. The van der Waals surface area contributed by atoms with E-state index in [0.717, 1.165) is 14.2 Å². The second-order valence-corrected chi connectivity index (χ2v) is 3.50. The molecule has 19 heavy (non-hydrogen) atoms. The number of nitrogens with one attached hydrogen (secondary N) is 1. The molecule has 1 amide bonds. The summed E-state index contributed by atoms with van der Waals surface area (Å²) in [5.41, 5.74) is 0. The van der Waals surface area contributed by atoms with Crippen molar-refractivity contribution < 1.29 is 33.4 Å². The quantitative estimate of drug-likeness (QED) is 0.476. The Kier molecular flexibility index (Phi) is 7.90. The van der Waals surface area contributed by atoms with Gasteiger partial charge < -0.3 is 19.5 Å². The molecule has 0 aliphatic rings. The number of amides is 1. The van der Waals surface area contributed by atoms with Gasteiger partial charge in [-0.1, -0.05) is 0 Å². The Bertz CT molecular complexity index is 353. The lowest BCUT2D eigenvalue weighted by Gasteiger charge is -2.15. The molecule has 8 nitrogen and oxygen atoms in total. The van der Waals surface area contributed by atoms with Crippen molar-refractivity contribution in [2.24, 2.45) is 0 Å². The van der Waals surface area contributed by atoms with E-state index in [9.17, 15) is 19.2 Å². The predicted molar refractivity (Wildman–Crippen MR) is 61.8 cm³/mol. The van der Waals surface area contributed by atoms with E-state index in [4.69, 9.17) is 0 Å². The Morgan fingerprint density at radius 3 is 1.95 bits per heavy atom. The van der Waals surface area contributed by atoms with Crippen LogP contribution in [0.25, 0.3) is 0 Å². The Balaban J connectivity index is 4.38. The van der Waals surface area contributed by atoms with Crippen LogP contribution in [0.5, 0.6) is 0 Å². The van der Waals surface area contributed by atoms with Crippen LogP contribution in [0.4, 0.5) is 0 Å². The Hall–Kier alpha value is -2.12. The van der Waals surface area contributed by atoms with Gasteiger partial charge >= 0.3 is 17.9 Å². The first-order valence-electron chi connectivity index (χ1n) is 5.45. The highest BCUT2D eigenvalue weighted by molar-refractivity contribution is 5.89. The third-order valence-corrected chi connectivity index (χ3v) is 2.20. The lowest BCUT2D eigenvalue weighted by Crippen LogP contribution is -2.43. The van der Waals surface area contributed by atoms with Crippen molar-refractivity contribution in [1.29, 1.82) is 0 Å². The van der Waals surface area contributed by atoms with Crippen LogP contribution in [0, 0.1) is 0 Å². The lowest BCUT2D eigenvalue weighted by molar-refractivity contribution is -0.151. The SMILES string of the molecule is COC(=O)CCC(=O)N[C@@H](CC(=O)OC)C(=O)OC. The highest BCUT2D eigenvalue weighted by Crippen LogP contribution is 2.00. The van der Waals surface area contributed by atoms with Crippen molar-refractivity contribution in [3.05, 3.63) is 0 Å². The molecular formula is C11H17NO7. The average Bonchev–Trinajstić information content (AvgIpc) is 2.42. The molecule has 108 valence electrons. The molecule has 0 radical (unpaired) electrons. The second kappa shape index (κ2) is 8.90. The van der Waals surface area contributed by atoms with Crippen molar-refractivity contribution in [1.82, 2.24) is 5.32 Å². The maximum atomic E-state index is 11.5. The molecule has 0 fully saturated rings. The van der Waals surface area contributed by atoms with E-state index in [2.05, 4.69) is 19.5 Å². The molecule has 0 saturated carbocycles. The molecule has 0 unspecified atom stereocenters. The van der Waals surface area contributed by atoms with Gasteiger partial charge in [-0.05, 0) is 0 Å². The Morgan fingerprint density at radius 2 is 1.47 bits per heavy atom. The summed E-state index contributed by atoms with van der Waals surface area (Å²) in [7, 11) is 3.50. The number of methoxy groups -OCH3 is 3. The first-order chi connectivity index (χ1) is 8.94. The minimum Gasteiger partial charge on any atom is -0.469 e. The van der Waals surface area contributed by atoms with Gasteiger partial charge in [0.2, 0.25) is 5.91 Å². The minimum absolute atomic E-state index is 0.117. The van der Waals surface area contributed by atoms with Gasteiger partial charge in [-0.3, -0.25) is 14.4 Å². The summed E-state index contributed by atoms with van der Waals surface area (Å²) in [6.07, 6.45) is -0.608. The number of hydrogen-bond acceptors (Lipinski definition) is 7. The third-order valence-electron chi connectivity index (χ3n) is 2.20. The predicted octanol–water partition coefficient (Wildman–Crippen LogP) is -0.839. The highest BCUT2D eigenvalue weighted by Gasteiger charge is 2.25. The molecule has 1 N–H and O–H groups in total. The maximum absolute atomic E-state index is 11.5. The summed E-state index contributed by atoms with van der Waals surface area (Å²) >= 11 is 0. The fourth-order valence-corrected chi connectivity index (χ4v) is 1.17. The standard InChI is InChI=1S/C11H17NO7/c1-17-9(14)5-4-8(13)12-7(11(16)19-3)6-10(15)18-2/h7H,4-6H2,1-3H3,(H,12,13)/t7-/m0/s1. The van der Waals surface area contributed by atoms with E-state index in [1.165, 1.54) is 7.11 Å². The van der Waals surface area contributed by atoms with Gasteiger partial charge in [-0.15, -0.1) is 0 Å². The van der Waals surface area contributed by atoms with Crippen LogP contribution < -0.4 is 5.32 Å². The molecule has 0 aliphatic carbocycles. The number of rotatable bonds is 7. The van der Waals surface area contributed by atoms with Crippen LogP contribution in [0.15, 0.2) is 0 Å². The molecule has 8 heteroatoms. The van der Waals surface area contributed by atoms with Crippen molar-refractivity contribution in [2.45, 2.75) is 25.3 Å². The Morgan fingerprint density at radius 1 is 0.895 bits per heavy atom. The molecule has 1 atom stereocenters. The summed E-state index contributed by atoms with van der Waals surface area (Å²) in [6.45, 7) is 0. The van der Waals surface area contributed by atoms with Crippen LogP contribution in [0.1, 0.15) is 19.3 Å². The zero-order chi connectivity index (χ0) is 14.8. The molecule has 0 aromatic heterocycles. The van der Waals surface area contributed by atoms with E-state index in [0.29, 0.717) is 0 Å². The summed E-state index contributed by atoms with van der Waals surface area (Å²) in [4.78, 5) is 44.8. The van der Waals surface area contributed by atoms with Gasteiger partial charge in [0.15, 0.2) is 0 Å². The van der Waals surface area contributed by atoms with Gasteiger partial charge in [0.05, 0.1) is 34.2 Å². The van der Waals surface area contributed by atoms with Crippen LogP contribution in [-0.2, 0) is 33.4 Å². The van der Waals surface area contributed by atoms with E-state index >= 15 is 0 Å². The highest BCUT2D eigenvalue weighted by atomic mass is 16.5. The lowest BCUT2D eigenvalue weighted by atomic mass is 10.2. The number of esters is 3. The third kappa shape index (κ3) is 7.02. The first kappa shape index (κ1) is 16.9.